The highest BCUT2D eigenvalue weighted by atomic mass is 16.6. The van der Waals surface area contributed by atoms with Crippen LogP contribution in [0.5, 0.6) is 0 Å². The number of methoxy groups -OCH3 is 1. The van der Waals surface area contributed by atoms with Crippen LogP contribution in [0.15, 0.2) is 12.3 Å². The third kappa shape index (κ3) is 3.89. The van der Waals surface area contributed by atoms with E-state index in [2.05, 4.69) is 10.3 Å². The third-order valence-electron chi connectivity index (χ3n) is 2.65. The molecule has 8 nitrogen and oxygen atoms in total. The number of hydrogen-bond donors (Lipinski definition) is 1. The predicted octanol–water partition coefficient (Wildman–Crippen LogP) is 1.14. The molecule has 0 aromatic carbocycles. The smallest absolute Gasteiger partial charge is 0.300 e. The maximum Gasteiger partial charge on any atom is 0.300 e. The normalized spacial score (nSPS) is 10.2. The minimum absolute atomic E-state index is 0.0135. The van der Waals surface area contributed by atoms with Gasteiger partial charge >= 0.3 is 0 Å². The second-order valence-corrected chi connectivity index (χ2v) is 4.09. The van der Waals surface area contributed by atoms with Gasteiger partial charge in [0, 0.05) is 33.3 Å². The maximum absolute atomic E-state index is 12.2. The van der Waals surface area contributed by atoms with E-state index < -0.39 is 10.8 Å². The topological polar surface area (TPSA) is 97.6 Å². The molecule has 0 atom stereocenters. The number of carbonyl (C=O) groups is 1. The molecule has 0 aliphatic carbocycles. The summed E-state index contributed by atoms with van der Waals surface area (Å²) in [5, 5.41) is 13.9. The molecule has 1 heterocycles. The Morgan fingerprint density at radius 2 is 2.30 bits per heavy atom. The molecule has 0 fully saturated rings. The highest BCUT2D eigenvalue weighted by Crippen LogP contribution is 2.21. The molecule has 0 radical (unpaired) electrons. The summed E-state index contributed by atoms with van der Waals surface area (Å²) < 4.78 is 4.89. The van der Waals surface area contributed by atoms with Crippen LogP contribution in [0.3, 0.4) is 0 Å². The molecule has 1 aromatic rings. The van der Waals surface area contributed by atoms with Gasteiger partial charge in [-0.05, 0) is 6.92 Å². The summed E-state index contributed by atoms with van der Waals surface area (Å²) in [7, 11) is 3.09. The van der Waals surface area contributed by atoms with Crippen molar-refractivity contribution in [3.05, 3.63) is 27.9 Å². The summed E-state index contributed by atoms with van der Waals surface area (Å²) in [6.07, 6.45) is 1.09. The number of amides is 1. The fourth-order valence-electron chi connectivity index (χ4n) is 1.58. The fraction of sp³-hybridized carbons (Fsp3) is 0.500. The van der Waals surface area contributed by atoms with E-state index in [1.165, 1.54) is 18.1 Å². The standard InChI is InChI=1S/C12H18N4O4/c1-4-13-11-7-9(10(8-14-11)16(18)19)12(17)15(2)5-6-20-3/h7-8H,4-6H2,1-3H3,(H,13,14). The molecule has 0 unspecified atom stereocenters. The number of nitrogens with zero attached hydrogens (tertiary/aromatic N) is 3. The van der Waals surface area contributed by atoms with Crippen molar-refractivity contribution < 1.29 is 14.5 Å². The van der Waals surface area contributed by atoms with Gasteiger partial charge < -0.3 is 15.0 Å². The van der Waals surface area contributed by atoms with Crippen LogP contribution in [0.2, 0.25) is 0 Å². The van der Waals surface area contributed by atoms with Crippen molar-refractivity contribution >= 4 is 17.4 Å². The van der Waals surface area contributed by atoms with Gasteiger partial charge in [-0.25, -0.2) is 4.98 Å². The van der Waals surface area contributed by atoms with Gasteiger partial charge in [0.25, 0.3) is 11.6 Å². The second kappa shape index (κ2) is 7.39. The van der Waals surface area contributed by atoms with E-state index in [0.29, 0.717) is 25.5 Å². The van der Waals surface area contributed by atoms with E-state index >= 15 is 0 Å². The van der Waals surface area contributed by atoms with Gasteiger partial charge in [0.1, 0.15) is 17.6 Å². The first kappa shape index (κ1) is 15.8. The summed E-state index contributed by atoms with van der Waals surface area (Å²) >= 11 is 0. The van der Waals surface area contributed by atoms with Crippen molar-refractivity contribution in [2.45, 2.75) is 6.92 Å². The molecule has 110 valence electrons. The Morgan fingerprint density at radius 3 is 2.85 bits per heavy atom. The number of likely N-dealkylation sites (N-methyl/N-ethyl adjacent to an activating group) is 1. The van der Waals surface area contributed by atoms with E-state index in [-0.39, 0.29) is 11.3 Å². The minimum atomic E-state index is -0.611. The second-order valence-electron chi connectivity index (χ2n) is 4.09. The lowest BCUT2D eigenvalue weighted by atomic mass is 10.2. The highest BCUT2D eigenvalue weighted by molar-refractivity contribution is 5.98. The summed E-state index contributed by atoms with van der Waals surface area (Å²) in [6, 6.07) is 1.40. The largest absolute Gasteiger partial charge is 0.383 e. The molecule has 1 rings (SSSR count). The molecule has 20 heavy (non-hydrogen) atoms. The first-order chi connectivity index (χ1) is 9.51. The summed E-state index contributed by atoms with van der Waals surface area (Å²) in [6.45, 7) is 3.19. The number of nitro groups is 1. The number of nitrogens with one attached hydrogen (secondary N) is 1. The zero-order valence-corrected chi connectivity index (χ0v) is 11.8. The Labute approximate surface area is 116 Å². The van der Waals surface area contributed by atoms with Crippen LogP contribution in [-0.2, 0) is 4.74 Å². The zero-order valence-electron chi connectivity index (χ0n) is 11.8. The van der Waals surface area contributed by atoms with Crippen molar-refractivity contribution in [2.24, 2.45) is 0 Å². The molecule has 0 aliphatic rings. The molecule has 0 saturated heterocycles. The molecule has 1 N–H and O–H groups in total. The Bertz CT molecular complexity index is 492. The average Bonchev–Trinajstić information content (AvgIpc) is 2.43. The average molecular weight is 282 g/mol. The van der Waals surface area contributed by atoms with Crippen molar-refractivity contribution in [3.8, 4) is 0 Å². The summed E-state index contributed by atoms with van der Waals surface area (Å²) in [4.78, 5) is 27.9. The van der Waals surface area contributed by atoms with E-state index in [0.717, 1.165) is 6.20 Å². The number of ether oxygens (including phenoxy) is 1. The Kier molecular flexibility index (Phi) is 5.85. The fourth-order valence-corrected chi connectivity index (χ4v) is 1.58. The molecule has 0 spiro atoms. The molecule has 0 bridgehead atoms. The van der Waals surface area contributed by atoms with Gasteiger partial charge in [0.15, 0.2) is 0 Å². The number of carbonyl (C=O) groups excluding carboxylic acids is 1. The van der Waals surface area contributed by atoms with Gasteiger partial charge in [0.2, 0.25) is 0 Å². The molecule has 8 heteroatoms. The van der Waals surface area contributed by atoms with Gasteiger partial charge in [-0.3, -0.25) is 14.9 Å². The molecule has 0 aliphatic heterocycles. The zero-order chi connectivity index (χ0) is 15.1. The predicted molar refractivity (Wildman–Crippen MR) is 73.9 cm³/mol. The van der Waals surface area contributed by atoms with E-state index in [1.54, 1.807) is 7.05 Å². The van der Waals surface area contributed by atoms with Crippen molar-refractivity contribution in [1.82, 2.24) is 9.88 Å². The van der Waals surface area contributed by atoms with Crippen LogP contribution >= 0.6 is 0 Å². The van der Waals surface area contributed by atoms with Crippen LogP contribution in [0.4, 0.5) is 11.5 Å². The highest BCUT2D eigenvalue weighted by Gasteiger charge is 2.24. The van der Waals surface area contributed by atoms with Crippen LogP contribution in [0.25, 0.3) is 0 Å². The number of rotatable bonds is 7. The molecular weight excluding hydrogens is 264 g/mol. The number of pyridine rings is 1. The first-order valence-electron chi connectivity index (χ1n) is 6.14. The van der Waals surface area contributed by atoms with Crippen molar-refractivity contribution in [1.29, 1.82) is 0 Å². The van der Waals surface area contributed by atoms with E-state index in [9.17, 15) is 14.9 Å². The summed E-state index contributed by atoms with van der Waals surface area (Å²) in [5.74, 6) is -0.00288. The molecule has 0 saturated carbocycles. The monoisotopic (exact) mass is 282 g/mol. The lowest BCUT2D eigenvalue weighted by Crippen LogP contribution is -2.30. The molecular formula is C12H18N4O4. The lowest BCUT2D eigenvalue weighted by molar-refractivity contribution is -0.385. The maximum atomic E-state index is 12.2. The Morgan fingerprint density at radius 1 is 1.60 bits per heavy atom. The van der Waals surface area contributed by atoms with Crippen LogP contribution in [0, 0.1) is 10.1 Å². The third-order valence-corrected chi connectivity index (χ3v) is 2.65. The molecule has 1 amide bonds. The lowest BCUT2D eigenvalue weighted by Gasteiger charge is -2.16. The quantitative estimate of drug-likeness (QED) is 0.595. The number of hydrogen-bond acceptors (Lipinski definition) is 6. The van der Waals surface area contributed by atoms with Crippen LogP contribution in [0.1, 0.15) is 17.3 Å². The number of anilines is 1. The van der Waals surface area contributed by atoms with Gasteiger partial charge in [-0.1, -0.05) is 0 Å². The van der Waals surface area contributed by atoms with Gasteiger partial charge in [-0.2, -0.15) is 0 Å². The van der Waals surface area contributed by atoms with Gasteiger partial charge in [0.05, 0.1) is 11.5 Å². The SMILES string of the molecule is CCNc1cc(C(=O)N(C)CCOC)c([N+](=O)[O-])cn1. The minimum Gasteiger partial charge on any atom is -0.383 e. The Hall–Kier alpha value is -2.22. The summed E-state index contributed by atoms with van der Waals surface area (Å²) in [5.41, 5.74) is -0.291. The van der Waals surface area contributed by atoms with Crippen LogP contribution < -0.4 is 5.32 Å². The molecule has 1 aromatic heterocycles. The van der Waals surface area contributed by atoms with E-state index in [4.69, 9.17) is 4.74 Å². The van der Waals surface area contributed by atoms with Crippen molar-refractivity contribution in [2.75, 3.05) is 39.2 Å². The number of aromatic nitrogens is 1. The van der Waals surface area contributed by atoms with Crippen LogP contribution in [-0.4, -0.2) is 54.6 Å². The Balaban J connectivity index is 3.08. The van der Waals surface area contributed by atoms with Gasteiger partial charge in [-0.15, -0.1) is 0 Å². The van der Waals surface area contributed by atoms with Crippen molar-refractivity contribution in [3.63, 3.8) is 0 Å². The first-order valence-corrected chi connectivity index (χ1v) is 6.14. The van der Waals surface area contributed by atoms with E-state index in [1.807, 2.05) is 6.92 Å².